The molecule has 0 unspecified atom stereocenters. The number of carbonyl (C=O) groups excluding carboxylic acids is 2. The summed E-state index contributed by atoms with van der Waals surface area (Å²) in [4.78, 5) is 27.5. The summed E-state index contributed by atoms with van der Waals surface area (Å²) in [5, 5.41) is 6.56. The normalized spacial score (nSPS) is 22.1. The number of alkyl carbamates (subject to hydrolysis) is 1. The van der Waals surface area contributed by atoms with E-state index >= 15 is 0 Å². The summed E-state index contributed by atoms with van der Waals surface area (Å²) in [6.45, 7) is 11.2. The molecule has 0 saturated carbocycles. The third-order valence-electron chi connectivity index (χ3n) is 4.24. The quantitative estimate of drug-likeness (QED) is 0.287. The molecule has 1 amide bonds. The van der Waals surface area contributed by atoms with E-state index in [2.05, 4.69) is 15.3 Å². The molecule has 0 saturated heterocycles. The molecule has 0 heterocycles. The van der Waals surface area contributed by atoms with Crippen LogP contribution in [0.15, 0.2) is 16.8 Å². The van der Waals surface area contributed by atoms with Crippen molar-refractivity contribution in [1.29, 1.82) is 0 Å². The zero-order valence-electron chi connectivity index (χ0n) is 17.6. The van der Waals surface area contributed by atoms with Crippen LogP contribution in [-0.4, -0.2) is 48.6 Å². The molecule has 0 aliphatic heterocycles. The highest BCUT2D eigenvalue weighted by Crippen LogP contribution is 2.27. The molecule has 1 aliphatic carbocycles. The van der Waals surface area contributed by atoms with Crippen molar-refractivity contribution in [3.05, 3.63) is 22.1 Å². The summed E-state index contributed by atoms with van der Waals surface area (Å²) in [6, 6.07) is -1.37. The van der Waals surface area contributed by atoms with Gasteiger partial charge in [-0.1, -0.05) is 19.0 Å². The molecule has 0 fully saturated rings. The van der Waals surface area contributed by atoms with Gasteiger partial charge in [0.2, 0.25) is 0 Å². The van der Waals surface area contributed by atoms with Crippen LogP contribution in [0.4, 0.5) is 4.79 Å². The summed E-state index contributed by atoms with van der Waals surface area (Å²) in [5.74, 6) is -0.477. The number of azide groups is 1. The fourth-order valence-corrected chi connectivity index (χ4v) is 2.94. The minimum absolute atomic E-state index is 0.0718. The molecule has 0 spiro atoms. The maximum atomic E-state index is 12.3. The van der Waals surface area contributed by atoms with E-state index in [4.69, 9.17) is 19.7 Å². The summed E-state index contributed by atoms with van der Waals surface area (Å²) in [6.07, 6.45) is 1.97. The lowest BCUT2D eigenvalue weighted by Gasteiger charge is -2.36. The Hall–Kier alpha value is -2.25. The first-order valence-electron chi connectivity index (χ1n) is 9.72. The Labute approximate surface area is 166 Å². The van der Waals surface area contributed by atoms with Crippen molar-refractivity contribution in [3.63, 3.8) is 0 Å². The van der Waals surface area contributed by atoms with Crippen LogP contribution >= 0.6 is 0 Å². The molecule has 1 N–H and O–H groups in total. The highest BCUT2D eigenvalue weighted by Gasteiger charge is 2.38. The second-order valence-electron chi connectivity index (χ2n) is 7.60. The second-order valence-corrected chi connectivity index (χ2v) is 7.60. The molecule has 0 aromatic rings. The number of nitrogens with zero attached hydrogens (tertiary/aromatic N) is 3. The molecule has 158 valence electrons. The molecule has 0 aromatic carbocycles. The van der Waals surface area contributed by atoms with Crippen LogP contribution < -0.4 is 5.32 Å². The van der Waals surface area contributed by atoms with Gasteiger partial charge >= 0.3 is 12.1 Å². The first-order chi connectivity index (χ1) is 13.1. The van der Waals surface area contributed by atoms with Crippen LogP contribution in [0, 0.1) is 0 Å². The minimum Gasteiger partial charge on any atom is -0.463 e. The third-order valence-corrected chi connectivity index (χ3v) is 4.24. The maximum absolute atomic E-state index is 12.3. The van der Waals surface area contributed by atoms with Crippen LogP contribution in [0.1, 0.15) is 60.8 Å². The Morgan fingerprint density at radius 1 is 1.32 bits per heavy atom. The first kappa shape index (κ1) is 23.8. The van der Waals surface area contributed by atoms with E-state index in [0.717, 1.165) is 12.8 Å². The number of hydrogen-bond donors (Lipinski definition) is 1. The standard InChI is InChI=1S/C19H32N4O5/c1-7-13(8-2)27-15-11-12(17(24)26-9-3)10-14(22-23-20)16(15)21-18(25)28-19(4,5)6/h11,13-16H,7-10H2,1-6H3,(H,21,25)/t14-,15+,16+/m0/s1. The smallest absolute Gasteiger partial charge is 0.407 e. The Morgan fingerprint density at radius 3 is 2.46 bits per heavy atom. The SMILES string of the molecule is CCOC(=O)C1=C[C@@H](OC(CC)CC)[C@H](NC(=O)OC(C)(C)C)[C@@H](N=[N+]=[N-])C1. The van der Waals surface area contributed by atoms with Crippen LogP contribution in [0.3, 0.4) is 0 Å². The second kappa shape index (κ2) is 10.9. The topological polar surface area (TPSA) is 123 Å². The number of hydrogen-bond acceptors (Lipinski definition) is 6. The van der Waals surface area contributed by atoms with Gasteiger partial charge in [-0.3, -0.25) is 0 Å². The lowest BCUT2D eigenvalue weighted by atomic mass is 9.88. The van der Waals surface area contributed by atoms with Crippen molar-refractivity contribution in [2.24, 2.45) is 5.11 Å². The number of ether oxygens (including phenoxy) is 3. The molecule has 0 aromatic heterocycles. The lowest BCUT2D eigenvalue weighted by Crippen LogP contribution is -2.54. The minimum atomic E-state index is -0.707. The van der Waals surface area contributed by atoms with Crippen LogP contribution in [-0.2, 0) is 19.0 Å². The molecular weight excluding hydrogens is 364 g/mol. The van der Waals surface area contributed by atoms with E-state index in [0.29, 0.717) is 5.57 Å². The summed E-state index contributed by atoms with van der Waals surface area (Å²) in [5.41, 5.74) is 8.68. The molecule has 0 radical (unpaired) electrons. The van der Waals surface area contributed by atoms with Crippen molar-refractivity contribution < 1.29 is 23.8 Å². The van der Waals surface area contributed by atoms with Gasteiger partial charge in [-0.2, -0.15) is 0 Å². The van der Waals surface area contributed by atoms with Crippen molar-refractivity contribution in [2.75, 3.05) is 6.61 Å². The van der Waals surface area contributed by atoms with Gasteiger partial charge in [-0.05, 0) is 58.6 Å². The van der Waals surface area contributed by atoms with E-state index < -0.39 is 35.9 Å². The highest BCUT2D eigenvalue weighted by atomic mass is 16.6. The molecule has 1 rings (SSSR count). The lowest BCUT2D eigenvalue weighted by molar-refractivity contribution is -0.139. The average molecular weight is 396 g/mol. The molecule has 3 atom stereocenters. The van der Waals surface area contributed by atoms with Gasteiger partial charge in [-0.25, -0.2) is 9.59 Å². The van der Waals surface area contributed by atoms with E-state index in [1.807, 2.05) is 13.8 Å². The Kier molecular flexibility index (Phi) is 9.28. The maximum Gasteiger partial charge on any atom is 0.407 e. The predicted octanol–water partition coefficient (Wildman–Crippen LogP) is 4.03. The van der Waals surface area contributed by atoms with Crippen molar-refractivity contribution in [2.45, 2.75) is 90.7 Å². The number of amides is 1. The van der Waals surface area contributed by atoms with Gasteiger partial charge in [0.05, 0.1) is 30.9 Å². The van der Waals surface area contributed by atoms with Crippen LogP contribution in [0.25, 0.3) is 10.4 Å². The molecule has 9 heteroatoms. The zero-order chi connectivity index (χ0) is 21.3. The van der Waals surface area contributed by atoms with Gasteiger partial charge in [0, 0.05) is 10.5 Å². The Bertz CT molecular complexity index is 618. The Balaban J connectivity index is 3.20. The van der Waals surface area contributed by atoms with Gasteiger partial charge in [0.25, 0.3) is 0 Å². The zero-order valence-corrected chi connectivity index (χ0v) is 17.6. The van der Waals surface area contributed by atoms with Gasteiger partial charge < -0.3 is 19.5 Å². The largest absolute Gasteiger partial charge is 0.463 e. The fraction of sp³-hybridized carbons (Fsp3) is 0.789. The van der Waals surface area contributed by atoms with Gasteiger partial charge in [0.1, 0.15) is 5.60 Å². The number of carbonyl (C=O) groups is 2. The highest BCUT2D eigenvalue weighted by molar-refractivity contribution is 5.89. The number of esters is 1. The van der Waals surface area contributed by atoms with Crippen LogP contribution in [0.2, 0.25) is 0 Å². The van der Waals surface area contributed by atoms with Crippen molar-refractivity contribution in [1.82, 2.24) is 5.32 Å². The third kappa shape index (κ3) is 7.40. The average Bonchev–Trinajstić information content (AvgIpc) is 2.60. The van der Waals surface area contributed by atoms with E-state index in [-0.39, 0.29) is 19.1 Å². The molecule has 28 heavy (non-hydrogen) atoms. The summed E-state index contributed by atoms with van der Waals surface area (Å²) < 4.78 is 16.6. The van der Waals surface area contributed by atoms with E-state index in [1.54, 1.807) is 33.8 Å². The van der Waals surface area contributed by atoms with E-state index in [9.17, 15) is 9.59 Å². The molecular formula is C19H32N4O5. The van der Waals surface area contributed by atoms with Crippen molar-refractivity contribution >= 4 is 12.1 Å². The fourth-order valence-electron chi connectivity index (χ4n) is 2.94. The Morgan fingerprint density at radius 2 is 1.96 bits per heavy atom. The first-order valence-corrected chi connectivity index (χ1v) is 9.72. The monoisotopic (exact) mass is 396 g/mol. The molecule has 9 nitrogen and oxygen atoms in total. The van der Waals surface area contributed by atoms with Crippen LogP contribution in [0.5, 0.6) is 0 Å². The van der Waals surface area contributed by atoms with Gasteiger partial charge in [-0.15, -0.1) is 0 Å². The summed E-state index contributed by atoms with van der Waals surface area (Å²) in [7, 11) is 0. The predicted molar refractivity (Wildman–Crippen MR) is 105 cm³/mol. The number of rotatable bonds is 8. The molecule has 1 aliphatic rings. The van der Waals surface area contributed by atoms with Crippen molar-refractivity contribution in [3.8, 4) is 0 Å². The van der Waals surface area contributed by atoms with E-state index in [1.165, 1.54) is 0 Å². The summed E-state index contributed by atoms with van der Waals surface area (Å²) >= 11 is 0. The number of nitrogens with one attached hydrogen (secondary N) is 1. The van der Waals surface area contributed by atoms with Gasteiger partial charge in [0.15, 0.2) is 0 Å². The molecule has 0 bridgehead atoms.